The summed E-state index contributed by atoms with van der Waals surface area (Å²) < 4.78 is 7.38. The largest absolute Gasteiger partial charge is 0.481 e. The summed E-state index contributed by atoms with van der Waals surface area (Å²) >= 11 is 0. The summed E-state index contributed by atoms with van der Waals surface area (Å²) in [4.78, 5) is 17.2. The van der Waals surface area contributed by atoms with E-state index < -0.39 is 12.1 Å². The number of aliphatic hydroxyl groups excluding tert-OH is 1. The van der Waals surface area contributed by atoms with Gasteiger partial charge in [0.1, 0.15) is 17.6 Å². The zero-order chi connectivity index (χ0) is 25.8. The zero-order valence-corrected chi connectivity index (χ0v) is 20.5. The number of aliphatic hydroxyl groups is 1. The molecule has 2 aromatic carbocycles. The van der Waals surface area contributed by atoms with Crippen LogP contribution in [0.1, 0.15) is 47.7 Å². The van der Waals surface area contributed by atoms with Crippen molar-refractivity contribution in [2.45, 2.75) is 32.5 Å². The number of nitrogens with zero attached hydrogens (tertiary/aromatic N) is 4. The predicted molar refractivity (Wildman–Crippen MR) is 137 cm³/mol. The number of aliphatic carboxylic acids is 1. The van der Waals surface area contributed by atoms with Crippen LogP contribution in [0, 0.1) is 17.8 Å². The van der Waals surface area contributed by atoms with Crippen molar-refractivity contribution in [2.24, 2.45) is 5.92 Å². The van der Waals surface area contributed by atoms with Gasteiger partial charge in [-0.3, -0.25) is 9.69 Å². The van der Waals surface area contributed by atoms with Crippen molar-refractivity contribution in [1.82, 2.24) is 19.6 Å². The second-order valence-corrected chi connectivity index (χ2v) is 9.45. The molecule has 8 heteroatoms. The molecule has 5 rings (SSSR count). The van der Waals surface area contributed by atoms with Crippen LogP contribution in [0.25, 0.3) is 11.3 Å². The Morgan fingerprint density at radius 2 is 1.76 bits per heavy atom. The van der Waals surface area contributed by atoms with Gasteiger partial charge in [-0.25, -0.2) is 4.98 Å². The van der Waals surface area contributed by atoms with Gasteiger partial charge in [-0.2, -0.15) is 0 Å². The van der Waals surface area contributed by atoms with E-state index in [0.717, 1.165) is 42.0 Å². The fourth-order valence-electron chi connectivity index (χ4n) is 4.51. The van der Waals surface area contributed by atoms with Crippen molar-refractivity contribution in [3.05, 3.63) is 95.2 Å². The molecule has 0 spiro atoms. The molecule has 0 amide bonds. The summed E-state index contributed by atoms with van der Waals surface area (Å²) in [7, 11) is 0. The molecule has 0 bridgehead atoms. The minimum atomic E-state index is -0.719. The highest BCUT2D eigenvalue weighted by Gasteiger charge is 2.28. The smallest absolute Gasteiger partial charge is 0.303 e. The summed E-state index contributed by atoms with van der Waals surface area (Å²) in [5.41, 5.74) is 4.70. The molecule has 1 aliphatic heterocycles. The minimum Gasteiger partial charge on any atom is -0.481 e. The van der Waals surface area contributed by atoms with E-state index >= 15 is 0 Å². The van der Waals surface area contributed by atoms with Crippen molar-refractivity contribution in [2.75, 3.05) is 13.1 Å². The van der Waals surface area contributed by atoms with Gasteiger partial charge >= 0.3 is 5.97 Å². The first-order valence-corrected chi connectivity index (χ1v) is 12.2. The summed E-state index contributed by atoms with van der Waals surface area (Å²) in [6, 6.07) is 17.9. The zero-order valence-electron chi connectivity index (χ0n) is 20.5. The Kier molecular flexibility index (Phi) is 7.17. The Morgan fingerprint density at radius 1 is 1.08 bits per heavy atom. The highest BCUT2D eigenvalue weighted by Crippen LogP contribution is 2.23. The molecule has 0 unspecified atom stereocenters. The van der Waals surface area contributed by atoms with Crippen LogP contribution in [0.15, 0.2) is 71.5 Å². The average Bonchev–Trinajstić information content (AvgIpc) is 3.52. The van der Waals surface area contributed by atoms with Gasteiger partial charge in [-0.15, -0.1) is 0 Å². The number of rotatable bonds is 8. The number of aromatic nitrogens is 3. The fourth-order valence-corrected chi connectivity index (χ4v) is 4.51. The number of hydrogen-bond donors (Lipinski definition) is 2. The molecule has 2 N–H and O–H groups in total. The maximum atomic E-state index is 10.8. The third-order valence-corrected chi connectivity index (χ3v) is 6.39. The van der Waals surface area contributed by atoms with Crippen molar-refractivity contribution >= 4 is 5.97 Å². The fraction of sp³-hybridized carbons (Fsp3) is 0.276. The van der Waals surface area contributed by atoms with Crippen LogP contribution in [0.3, 0.4) is 0 Å². The summed E-state index contributed by atoms with van der Waals surface area (Å²) in [5.74, 6) is 7.21. The van der Waals surface area contributed by atoms with Crippen LogP contribution in [-0.4, -0.2) is 48.9 Å². The number of likely N-dealkylation sites (tertiary alicyclic amines) is 1. The molecule has 0 aliphatic carbocycles. The second kappa shape index (κ2) is 10.8. The molecule has 188 valence electrons. The number of benzene rings is 2. The Morgan fingerprint density at radius 3 is 2.41 bits per heavy atom. The maximum Gasteiger partial charge on any atom is 0.303 e. The maximum absolute atomic E-state index is 10.8. The third kappa shape index (κ3) is 6.15. The van der Waals surface area contributed by atoms with Crippen LogP contribution < -0.4 is 0 Å². The Balaban J connectivity index is 1.16. The highest BCUT2D eigenvalue weighted by molar-refractivity contribution is 5.67. The predicted octanol–water partition coefficient (Wildman–Crippen LogP) is 3.95. The van der Waals surface area contributed by atoms with E-state index in [-0.39, 0.29) is 12.3 Å². The van der Waals surface area contributed by atoms with Gasteiger partial charge in [-0.05, 0) is 54.8 Å². The van der Waals surface area contributed by atoms with Crippen LogP contribution in [-0.2, 0) is 17.9 Å². The molecular formula is C29H28N4O4. The van der Waals surface area contributed by atoms with Gasteiger partial charge in [0, 0.05) is 54.8 Å². The second-order valence-electron chi connectivity index (χ2n) is 9.45. The molecule has 2 aromatic heterocycles. The van der Waals surface area contributed by atoms with Crippen LogP contribution in [0.4, 0.5) is 0 Å². The van der Waals surface area contributed by atoms with Crippen LogP contribution >= 0.6 is 0 Å². The number of hydrogen-bond acceptors (Lipinski definition) is 6. The topological polar surface area (TPSA) is 105 Å². The molecule has 0 radical (unpaired) electrons. The molecule has 0 saturated carbocycles. The standard InChI is InChI=1S/C29H28N4O4/c1-20(34)29-30-12-13-33(29)19-26-15-27(37-31-26)25-10-8-22(9-11-25)3-2-21-4-6-23(7-5-21)16-32-17-24(18-32)14-28(35)36/h4-13,15,20,24,34H,14,16-19H2,1H3,(H,35,36)/t20-/m0/s1. The van der Waals surface area contributed by atoms with Gasteiger partial charge in [0.25, 0.3) is 0 Å². The lowest BCUT2D eigenvalue weighted by molar-refractivity contribution is -0.139. The molecule has 1 aliphatic rings. The van der Waals surface area contributed by atoms with Gasteiger partial charge in [0.15, 0.2) is 5.76 Å². The lowest BCUT2D eigenvalue weighted by Gasteiger charge is -2.38. The molecule has 1 fully saturated rings. The average molecular weight is 497 g/mol. The van der Waals surface area contributed by atoms with E-state index in [1.807, 2.05) is 53.2 Å². The van der Waals surface area contributed by atoms with Crippen molar-refractivity contribution in [3.63, 3.8) is 0 Å². The number of carboxylic acid groups (broad SMARTS) is 1. The Hall–Kier alpha value is -4.19. The van der Waals surface area contributed by atoms with Crippen molar-refractivity contribution in [3.8, 4) is 23.2 Å². The lowest BCUT2D eigenvalue weighted by atomic mass is 9.95. The number of carboxylic acids is 1. The van der Waals surface area contributed by atoms with Crippen LogP contribution in [0.5, 0.6) is 0 Å². The monoisotopic (exact) mass is 496 g/mol. The van der Waals surface area contributed by atoms with E-state index in [1.165, 1.54) is 5.56 Å². The van der Waals surface area contributed by atoms with E-state index in [4.69, 9.17) is 9.63 Å². The van der Waals surface area contributed by atoms with E-state index in [2.05, 4.69) is 39.0 Å². The molecule has 1 atom stereocenters. The first-order chi connectivity index (χ1) is 17.9. The molecule has 8 nitrogen and oxygen atoms in total. The number of carbonyl (C=O) groups is 1. The molecule has 4 aromatic rings. The summed E-state index contributed by atoms with van der Waals surface area (Å²) in [6.45, 7) is 4.66. The first kappa shape index (κ1) is 24.5. The molecule has 3 heterocycles. The van der Waals surface area contributed by atoms with Crippen molar-refractivity contribution in [1.29, 1.82) is 0 Å². The molecule has 37 heavy (non-hydrogen) atoms. The van der Waals surface area contributed by atoms with E-state index in [0.29, 0.717) is 18.1 Å². The quantitative estimate of drug-likeness (QED) is 0.356. The van der Waals surface area contributed by atoms with Crippen molar-refractivity contribution < 1.29 is 19.5 Å². The van der Waals surface area contributed by atoms with Gasteiger partial charge < -0.3 is 19.3 Å². The van der Waals surface area contributed by atoms with E-state index in [9.17, 15) is 9.90 Å². The van der Waals surface area contributed by atoms with Gasteiger partial charge in [0.05, 0.1) is 13.0 Å². The first-order valence-electron chi connectivity index (χ1n) is 12.2. The SMILES string of the molecule is C[C@H](O)c1nccn1Cc1cc(-c2ccc(C#Cc3ccc(CN4CC(CC(=O)O)C4)cc3)cc2)on1. The van der Waals surface area contributed by atoms with Gasteiger partial charge in [-0.1, -0.05) is 29.1 Å². The van der Waals surface area contributed by atoms with E-state index in [1.54, 1.807) is 13.1 Å². The van der Waals surface area contributed by atoms with Crippen LogP contribution in [0.2, 0.25) is 0 Å². The normalized spacial score (nSPS) is 14.5. The minimum absolute atomic E-state index is 0.253. The molecule has 1 saturated heterocycles. The Bertz CT molecular complexity index is 1420. The summed E-state index contributed by atoms with van der Waals surface area (Å²) in [5, 5.41) is 22.9. The third-order valence-electron chi connectivity index (χ3n) is 6.39. The van der Waals surface area contributed by atoms with Gasteiger partial charge in [0.2, 0.25) is 0 Å². The Labute approximate surface area is 215 Å². The number of imidazole rings is 1. The lowest BCUT2D eigenvalue weighted by Crippen LogP contribution is -2.46. The molecular weight excluding hydrogens is 468 g/mol. The highest BCUT2D eigenvalue weighted by atomic mass is 16.5. The summed E-state index contributed by atoms with van der Waals surface area (Å²) in [6.07, 6.45) is 3.06.